The van der Waals surface area contributed by atoms with Crippen molar-refractivity contribution < 1.29 is 19.3 Å². The van der Waals surface area contributed by atoms with Crippen molar-refractivity contribution in [2.24, 2.45) is 0 Å². The molecule has 5 nitrogen and oxygen atoms in total. The SMILES string of the molecule is COC(=O)C1COC(C)(C)CN1B(C)O. The van der Waals surface area contributed by atoms with Crippen molar-refractivity contribution in [3.05, 3.63) is 0 Å². The van der Waals surface area contributed by atoms with Crippen molar-refractivity contribution in [3.8, 4) is 0 Å². The van der Waals surface area contributed by atoms with Gasteiger partial charge in [0.2, 0.25) is 0 Å². The van der Waals surface area contributed by atoms with Gasteiger partial charge in [-0.15, -0.1) is 0 Å². The summed E-state index contributed by atoms with van der Waals surface area (Å²) < 4.78 is 10.2. The van der Waals surface area contributed by atoms with Crippen LogP contribution in [-0.2, 0) is 14.3 Å². The van der Waals surface area contributed by atoms with E-state index in [0.717, 1.165) is 0 Å². The molecule has 0 bridgehead atoms. The highest BCUT2D eigenvalue weighted by Gasteiger charge is 2.41. The summed E-state index contributed by atoms with van der Waals surface area (Å²) in [6.45, 7) is 6.25. The van der Waals surface area contributed by atoms with Crippen LogP contribution in [0.4, 0.5) is 0 Å². The number of hydrogen-bond donors (Lipinski definition) is 1. The zero-order valence-corrected chi connectivity index (χ0v) is 9.69. The minimum absolute atomic E-state index is 0.255. The van der Waals surface area contributed by atoms with E-state index in [0.29, 0.717) is 6.54 Å². The molecule has 1 heterocycles. The molecule has 1 N–H and O–H groups in total. The van der Waals surface area contributed by atoms with Crippen molar-refractivity contribution in [1.82, 2.24) is 4.81 Å². The van der Waals surface area contributed by atoms with Crippen LogP contribution in [0.3, 0.4) is 0 Å². The Kier molecular flexibility index (Phi) is 3.75. The van der Waals surface area contributed by atoms with Crippen molar-refractivity contribution in [2.75, 3.05) is 20.3 Å². The molecule has 0 aromatic carbocycles. The molecule has 0 amide bonds. The van der Waals surface area contributed by atoms with Crippen LogP contribution >= 0.6 is 0 Å². The van der Waals surface area contributed by atoms with Crippen molar-refractivity contribution in [1.29, 1.82) is 0 Å². The summed E-state index contributed by atoms with van der Waals surface area (Å²) in [4.78, 5) is 13.1. The number of carbonyl (C=O) groups excluding carboxylic acids is 1. The molecule has 6 heteroatoms. The van der Waals surface area contributed by atoms with E-state index in [1.807, 2.05) is 13.8 Å². The largest absolute Gasteiger partial charge is 0.468 e. The maximum atomic E-state index is 11.4. The van der Waals surface area contributed by atoms with Crippen molar-refractivity contribution in [2.45, 2.75) is 32.3 Å². The van der Waals surface area contributed by atoms with Gasteiger partial charge in [-0.05, 0) is 20.7 Å². The molecular formula is C9H18BNO4. The molecule has 1 saturated heterocycles. The summed E-state index contributed by atoms with van der Waals surface area (Å²) in [6.07, 6.45) is 0. The summed E-state index contributed by atoms with van der Waals surface area (Å²) in [5.41, 5.74) is -0.346. The van der Waals surface area contributed by atoms with Crippen LogP contribution in [-0.4, -0.2) is 54.8 Å². The van der Waals surface area contributed by atoms with Crippen LogP contribution in [0.1, 0.15) is 13.8 Å². The monoisotopic (exact) mass is 215 g/mol. The third kappa shape index (κ3) is 2.93. The van der Waals surface area contributed by atoms with Gasteiger partial charge in [0.1, 0.15) is 6.04 Å². The van der Waals surface area contributed by atoms with E-state index in [2.05, 4.69) is 4.74 Å². The molecule has 1 fully saturated rings. The molecule has 0 saturated carbocycles. The van der Waals surface area contributed by atoms with E-state index >= 15 is 0 Å². The number of methoxy groups -OCH3 is 1. The van der Waals surface area contributed by atoms with E-state index in [4.69, 9.17) is 4.74 Å². The highest BCUT2D eigenvalue weighted by atomic mass is 16.5. The maximum Gasteiger partial charge on any atom is 0.377 e. The number of ether oxygens (including phenoxy) is 2. The van der Waals surface area contributed by atoms with E-state index in [-0.39, 0.29) is 18.2 Å². The first-order valence-electron chi connectivity index (χ1n) is 5.03. The van der Waals surface area contributed by atoms with Crippen molar-refractivity contribution in [3.63, 3.8) is 0 Å². The number of esters is 1. The lowest BCUT2D eigenvalue weighted by atomic mass is 9.80. The molecule has 0 aromatic heterocycles. The summed E-state index contributed by atoms with van der Waals surface area (Å²) in [6, 6.07) is -0.511. The van der Waals surface area contributed by atoms with Crippen LogP contribution < -0.4 is 0 Å². The Morgan fingerprint density at radius 3 is 2.73 bits per heavy atom. The Hall–Kier alpha value is -0.585. The molecule has 1 atom stereocenters. The standard InChI is InChI=1S/C9H18BNO4/c1-9(2)6-11(10(3)13)7(5-15-9)8(12)14-4/h7,13H,5-6H2,1-4H3. The van der Waals surface area contributed by atoms with E-state index < -0.39 is 13.1 Å². The molecule has 0 radical (unpaired) electrons. The summed E-state index contributed by atoms with van der Waals surface area (Å²) >= 11 is 0. The number of morpholine rings is 1. The fraction of sp³-hybridized carbons (Fsp3) is 0.889. The van der Waals surface area contributed by atoms with Gasteiger partial charge < -0.3 is 19.3 Å². The molecule has 1 aliphatic rings. The molecule has 1 rings (SSSR count). The molecule has 1 aliphatic heterocycles. The van der Waals surface area contributed by atoms with Gasteiger partial charge in [-0.25, -0.2) is 0 Å². The highest BCUT2D eigenvalue weighted by molar-refractivity contribution is 6.45. The van der Waals surface area contributed by atoms with Gasteiger partial charge in [-0.3, -0.25) is 4.79 Å². The number of nitrogens with zero attached hydrogens (tertiary/aromatic N) is 1. The predicted octanol–water partition coefficient (Wildman–Crippen LogP) is -0.251. The minimum Gasteiger partial charge on any atom is -0.468 e. The number of rotatable bonds is 2. The highest BCUT2D eigenvalue weighted by Crippen LogP contribution is 2.21. The molecule has 0 aliphatic carbocycles. The van der Waals surface area contributed by atoms with Crippen LogP contribution in [0.2, 0.25) is 6.82 Å². The smallest absolute Gasteiger partial charge is 0.377 e. The Morgan fingerprint density at radius 2 is 2.27 bits per heavy atom. The normalized spacial score (nSPS) is 26.1. The maximum absolute atomic E-state index is 11.4. The molecule has 0 aromatic rings. The van der Waals surface area contributed by atoms with Gasteiger partial charge in [0.15, 0.2) is 0 Å². The fourth-order valence-electron chi connectivity index (χ4n) is 1.73. The Morgan fingerprint density at radius 1 is 1.67 bits per heavy atom. The molecule has 1 unspecified atom stereocenters. The van der Waals surface area contributed by atoms with Gasteiger partial charge in [-0.2, -0.15) is 0 Å². The lowest BCUT2D eigenvalue weighted by Gasteiger charge is -2.42. The minimum atomic E-state index is -0.683. The summed E-state index contributed by atoms with van der Waals surface area (Å²) in [7, 11) is 0.653. The van der Waals surface area contributed by atoms with Gasteiger partial charge >= 0.3 is 13.0 Å². The average molecular weight is 215 g/mol. The van der Waals surface area contributed by atoms with Crippen molar-refractivity contribution >= 4 is 13.0 Å². The van der Waals surface area contributed by atoms with E-state index in [1.165, 1.54) is 7.11 Å². The molecule has 86 valence electrons. The topological polar surface area (TPSA) is 59.0 Å². The summed E-state index contributed by atoms with van der Waals surface area (Å²) in [5, 5.41) is 9.59. The van der Waals surface area contributed by atoms with Gasteiger partial charge in [0, 0.05) is 6.54 Å². The Labute approximate surface area is 90.5 Å². The zero-order chi connectivity index (χ0) is 11.6. The predicted molar refractivity (Wildman–Crippen MR) is 56.4 cm³/mol. The van der Waals surface area contributed by atoms with Crippen LogP contribution in [0.25, 0.3) is 0 Å². The van der Waals surface area contributed by atoms with Gasteiger partial charge in [0.25, 0.3) is 0 Å². The first-order chi connectivity index (χ1) is 6.87. The second kappa shape index (κ2) is 4.51. The lowest BCUT2D eigenvalue weighted by molar-refractivity contribution is -0.159. The van der Waals surface area contributed by atoms with Crippen LogP contribution in [0.5, 0.6) is 0 Å². The van der Waals surface area contributed by atoms with E-state index in [9.17, 15) is 9.82 Å². The zero-order valence-electron chi connectivity index (χ0n) is 9.69. The number of hydrogen-bond acceptors (Lipinski definition) is 5. The third-order valence-electron chi connectivity index (χ3n) is 2.55. The Balaban J connectivity index is 2.76. The number of carbonyl (C=O) groups is 1. The molecule has 15 heavy (non-hydrogen) atoms. The molecule has 0 spiro atoms. The summed E-state index contributed by atoms with van der Waals surface area (Å²) in [5.74, 6) is -0.369. The van der Waals surface area contributed by atoms with E-state index in [1.54, 1.807) is 11.6 Å². The van der Waals surface area contributed by atoms with Gasteiger partial charge in [0.05, 0.1) is 19.3 Å². The second-order valence-electron chi connectivity index (χ2n) is 4.41. The third-order valence-corrected chi connectivity index (χ3v) is 2.55. The first kappa shape index (κ1) is 12.5. The quantitative estimate of drug-likeness (QED) is 0.508. The molecular weight excluding hydrogens is 197 g/mol. The fourth-order valence-corrected chi connectivity index (χ4v) is 1.73. The van der Waals surface area contributed by atoms with Crippen LogP contribution in [0.15, 0.2) is 0 Å². The first-order valence-corrected chi connectivity index (χ1v) is 5.03. The Bertz CT molecular complexity index is 244. The van der Waals surface area contributed by atoms with Gasteiger partial charge in [-0.1, -0.05) is 0 Å². The second-order valence-corrected chi connectivity index (χ2v) is 4.41. The van der Waals surface area contributed by atoms with Crippen LogP contribution in [0, 0.1) is 0 Å². The average Bonchev–Trinajstić information content (AvgIpc) is 2.15. The lowest BCUT2D eigenvalue weighted by Crippen LogP contribution is -2.61.